The minimum Gasteiger partial charge on any atom is -0.479 e. The van der Waals surface area contributed by atoms with Crippen molar-refractivity contribution < 1.29 is 19.6 Å². The molecule has 0 radical (unpaired) electrons. The average Bonchev–Trinajstić information content (AvgIpc) is 1.94. The molecule has 0 aliphatic carbocycles. The molecule has 2 unspecified atom stereocenters. The lowest BCUT2D eigenvalue weighted by Crippen LogP contribution is -2.39. The van der Waals surface area contributed by atoms with E-state index in [-0.39, 0.29) is 5.82 Å². The summed E-state index contributed by atoms with van der Waals surface area (Å²) in [6.07, 6.45) is 0.382. The summed E-state index contributed by atoms with van der Waals surface area (Å²) in [5, 5.41) is 17.6. The molecule has 0 amide bonds. The maximum Gasteiger partial charge on any atom is 0.457 e. The van der Waals surface area contributed by atoms with Crippen molar-refractivity contribution in [1.82, 2.24) is 0 Å². The molecule has 1 rings (SSSR count). The maximum absolute atomic E-state index is 10.4. The van der Waals surface area contributed by atoms with E-state index < -0.39 is 19.2 Å². The van der Waals surface area contributed by atoms with E-state index in [1.54, 1.807) is 0 Å². The topological polar surface area (TPSA) is 66.8 Å². The van der Waals surface area contributed by atoms with E-state index in [2.05, 4.69) is 0 Å². The summed E-state index contributed by atoms with van der Waals surface area (Å²) in [6.45, 7) is 1.84. The van der Waals surface area contributed by atoms with Gasteiger partial charge in [-0.25, -0.2) is 4.79 Å². The lowest BCUT2D eigenvalue weighted by molar-refractivity contribution is -0.147. The van der Waals surface area contributed by atoms with Gasteiger partial charge in [-0.15, -0.1) is 0 Å². The third kappa shape index (κ3) is 1.94. The first kappa shape index (κ1) is 8.55. The van der Waals surface area contributed by atoms with E-state index in [0.29, 0.717) is 12.8 Å². The van der Waals surface area contributed by atoms with Crippen molar-refractivity contribution >= 4 is 13.1 Å². The molecule has 0 saturated carbocycles. The molecule has 0 spiro atoms. The minimum atomic E-state index is -0.990. The summed E-state index contributed by atoms with van der Waals surface area (Å²) >= 11 is 0. The molecule has 0 aromatic rings. The van der Waals surface area contributed by atoms with Crippen LogP contribution in [0.15, 0.2) is 0 Å². The van der Waals surface area contributed by atoms with Gasteiger partial charge in [0.25, 0.3) is 0 Å². The van der Waals surface area contributed by atoms with Crippen LogP contribution in [0.25, 0.3) is 0 Å². The summed E-state index contributed by atoms with van der Waals surface area (Å²) in [5.74, 6) is -0.943. The number of hydrogen-bond acceptors (Lipinski definition) is 3. The monoisotopic (exact) mass is 158 g/mol. The Morgan fingerprint density at radius 3 is 2.73 bits per heavy atom. The van der Waals surface area contributed by atoms with Crippen LogP contribution >= 0.6 is 0 Å². The molecule has 0 aromatic carbocycles. The molecule has 62 valence electrons. The second-order valence-corrected chi connectivity index (χ2v) is 2.91. The zero-order valence-corrected chi connectivity index (χ0v) is 6.36. The van der Waals surface area contributed by atoms with Crippen molar-refractivity contribution in [2.45, 2.75) is 31.7 Å². The summed E-state index contributed by atoms with van der Waals surface area (Å²) in [4.78, 5) is 10.4. The van der Waals surface area contributed by atoms with Gasteiger partial charge in [0.15, 0.2) is 0 Å². The highest BCUT2D eigenvalue weighted by Gasteiger charge is 2.34. The van der Waals surface area contributed by atoms with Crippen LogP contribution < -0.4 is 0 Å². The molecule has 1 aliphatic heterocycles. The SMILES string of the molecule is CC1CCC(C(=O)O)OB1O. The van der Waals surface area contributed by atoms with Crippen molar-refractivity contribution in [2.75, 3.05) is 0 Å². The van der Waals surface area contributed by atoms with Gasteiger partial charge in [0.1, 0.15) is 6.10 Å². The minimum absolute atomic E-state index is 0.0469. The van der Waals surface area contributed by atoms with E-state index in [9.17, 15) is 4.79 Å². The number of carboxylic acids is 1. The second-order valence-electron chi connectivity index (χ2n) is 2.91. The Hall–Kier alpha value is -0.545. The highest BCUT2D eigenvalue weighted by molar-refractivity contribution is 6.45. The lowest BCUT2D eigenvalue weighted by atomic mass is 9.68. The average molecular weight is 158 g/mol. The van der Waals surface area contributed by atoms with Gasteiger partial charge in [0.05, 0.1) is 0 Å². The van der Waals surface area contributed by atoms with Gasteiger partial charge in [-0.05, 0) is 18.7 Å². The highest BCUT2D eigenvalue weighted by atomic mass is 16.5. The van der Waals surface area contributed by atoms with Crippen LogP contribution in [0.5, 0.6) is 0 Å². The van der Waals surface area contributed by atoms with E-state index in [1.165, 1.54) is 0 Å². The fraction of sp³-hybridized carbons (Fsp3) is 0.833. The number of carboxylic acid groups (broad SMARTS) is 1. The van der Waals surface area contributed by atoms with E-state index in [1.807, 2.05) is 6.92 Å². The van der Waals surface area contributed by atoms with Crippen LogP contribution in [-0.4, -0.2) is 29.3 Å². The Bertz CT molecular complexity index is 161. The molecular weight excluding hydrogens is 147 g/mol. The Kier molecular flexibility index (Phi) is 2.51. The summed E-state index contributed by atoms with van der Waals surface area (Å²) in [6, 6.07) is 0. The van der Waals surface area contributed by atoms with Crippen LogP contribution in [0.3, 0.4) is 0 Å². The third-order valence-electron chi connectivity index (χ3n) is 1.95. The van der Waals surface area contributed by atoms with Crippen molar-refractivity contribution in [3.05, 3.63) is 0 Å². The molecule has 2 atom stereocenters. The quantitative estimate of drug-likeness (QED) is 0.532. The maximum atomic E-state index is 10.4. The van der Waals surface area contributed by atoms with Gasteiger partial charge in [-0.3, -0.25) is 0 Å². The molecule has 0 bridgehead atoms. The van der Waals surface area contributed by atoms with E-state index in [4.69, 9.17) is 14.8 Å². The van der Waals surface area contributed by atoms with Gasteiger partial charge < -0.3 is 14.8 Å². The van der Waals surface area contributed by atoms with Gasteiger partial charge in [-0.1, -0.05) is 6.92 Å². The molecule has 0 aromatic heterocycles. The van der Waals surface area contributed by atoms with Crippen LogP contribution in [0.1, 0.15) is 19.8 Å². The molecule has 2 N–H and O–H groups in total. The summed E-state index contributed by atoms with van der Waals surface area (Å²) in [7, 11) is -0.912. The summed E-state index contributed by atoms with van der Waals surface area (Å²) in [5.41, 5.74) is 0. The Morgan fingerprint density at radius 1 is 1.64 bits per heavy atom. The third-order valence-corrected chi connectivity index (χ3v) is 1.95. The van der Waals surface area contributed by atoms with Crippen LogP contribution in [0.4, 0.5) is 0 Å². The van der Waals surface area contributed by atoms with Gasteiger partial charge in [0, 0.05) is 0 Å². The first-order chi connectivity index (χ1) is 5.11. The molecule has 1 aliphatic rings. The highest BCUT2D eigenvalue weighted by Crippen LogP contribution is 2.25. The molecule has 1 fully saturated rings. The van der Waals surface area contributed by atoms with Crippen LogP contribution in [0, 0.1) is 0 Å². The smallest absolute Gasteiger partial charge is 0.457 e. The van der Waals surface area contributed by atoms with Gasteiger partial charge >= 0.3 is 13.1 Å². The van der Waals surface area contributed by atoms with E-state index >= 15 is 0 Å². The van der Waals surface area contributed by atoms with E-state index in [0.717, 1.165) is 0 Å². The molecular formula is C6H11BO4. The molecule has 1 heterocycles. The van der Waals surface area contributed by atoms with Crippen LogP contribution in [-0.2, 0) is 9.45 Å². The Balaban J connectivity index is 2.46. The molecule has 11 heavy (non-hydrogen) atoms. The Labute approximate surface area is 65.3 Å². The zero-order chi connectivity index (χ0) is 8.43. The van der Waals surface area contributed by atoms with Crippen LogP contribution in [0.2, 0.25) is 5.82 Å². The van der Waals surface area contributed by atoms with Gasteiger partial charge in [-0.2, -0.15) is 0 Å². The largest absolute Gasteiger partial charge is 0.479 e. The molecule has 5 heteroatoms. The summed E-state index contributed by atoms with van der Waals surface area (Å²) < 4.78 is 4.82. The number of aliphatic carboxylic acids is 1. The van der Waals surface area contributed by atoms with Crippen molar-refractivity contribution in [3.63, 3.8) is 0 Å². The van der Waals surface area contributed by atoms with Gasteiger partial charge in [0.2, 0.25) is 0 Å². The number of carbonyl (C=O) groups is 1. The number of hydrogen-bond donors (Lipinski definition) is 2. The fourth-order valence-corrected chi connectivity index (χ4v) is 1.11. The first-order valence-electron chi connectivity index (χ1n) is 3.67. The number of rotatable bonds is 1. The second kappa shape index (κ2) is 3.23. The molecule has 4 nitrogen and oxygen atoms in total. The zero-order valence-electron chi connectivity index (χ0n) is 6.36. The normalized spacial score (nSPS) is 32.0. The first-order valence-corrected chi connectivity index (χ1v) is 3.67. The fourth-order valence-electron chi connectivity index (χ4n) is 1.11. The Morgan fingerprint density at radius 2 is 2.27 bits per heavy atom. The predicted octanol–water partition coefficient (Wildman–Crippen LogP) is 0.121. The standard InChI is InChI=1S/C6H11BO4/c1-4-2-3-5(6(8)9)11-7(4)10/h4-5,10H,2-3H2,1H3,(H,8,9). The van der Waals surface area contributed by atoms with Crippen molar-refractivity contribution in [3.8, 4) is 0 Å². The lowest BCUT2D eigenvalue weighted by Gasteiger charge is -2.26. The van der Waals surface area contributed by atoms with Crippen molar-refractivity contribution in [1.29, 1.82) is 0 Å². The van der Waals surface area contributed by atoms with Crippen molar-refractivity contribution in [2.24, 2.45) is 0 Å². The molecule has 1 saturated heterocycles. The predicted molar refractivity (Wildman–Crippen MR) is 39.1 cm³/mol.